The molecule has 94 valence electrons. The molecule has 1 N–H and O–H groups in total. The van der Waals surface area contributed by atoms with Crippen molar-refractivity contribution in [3.8, 4) is 0 Å². The highest BCUT2D eigenvalue weighted by molar-refractivity contribution is 5.88. The molecule has 0 bridgehead atoms. The second kappa shape index (κ2) is 6.91. The molecule has 0 fully saturated rings. The zero-order chi connectivity index (χ0) is 12.7. The van der Waals surface area contributed by atoms with E-state index in [1.165, 1.54) is 6.92 Å². The molecule has 0 heterocycles. The number of ether oxygens (including phenoxy) is 1. The molecule has 0 unspecified atom stereocenters. The van der Waals surface area contributed by atoms with Gasteiger partial charge in [0.05, 0.1) is 6.61 Å². The molecule has 0 saturated carbocycles. The van der Waals surface area contributed by atoms with Crippen LogP contribution >= 0.6 is 0 Å². The van der Waals surface area contributed by atoms with Gasteiger partial charge in [-0.3, -0.25) is 4.79 Å². The Morgan fingerprint density at radius 3 is 2.47 bits per heavy atom. The summed E-state index contributed by atoms with van der Waals surface area (Å²) in [6, 6.07) is 7.83. The summed E-state index contributed by atoms with van der Waals surface area (Å²) in [7, 11) is 1.70. The van der Waals surface area contributed by atoms with Gasteiger partial charge in [0.25, 0.3) is 0 Å². The molecule has 1 aromatic carbocycles. The zero-order valence-electron chi connectivity index (χ0n) is 10.7. The number of carbonyl (C=O) groups excluding carboxylic acids is 1. The second-order valence-corrected chi connectivity index (χ2v) is 3.80. The lowest BCUT2D eigenvalue weighted by molar-refractivity contribution is -0.114. The Balaban J connectivity index is 2.67. The lowest BCUT2D eigenvalue weighted by atomic mass is 10.2. The van der Waals surface area contributed by atoms with Crippen molar-refractivity contribution in [1.29, 1.82) is 0 Å². The van der Waals surface area contributed by atoms with Gasteiger partial charge in [0.2, 0.25) is 5.91 Å². The Bertz CT molecular complexity index is 349. The van der Waals surface area contributed by atoms with Crippen molar-refractivity contribution in [2.24, 2.45) is 0 Å². The standard InChI is InChI=1S/C13H20N2O2/c1-4-15(9-10-17-3)13-7-5-12(6-8-13)14-11(2)16/h5-8H,4,9-10H2,1-3H3,(H,14,16). The lowest BCUT2D eigenvalue weighted by Gasteiger charge is -2.22. The Labute approximate surface area is 103 Å². The average molecular weight is 236 g/mol. The van der Waals surface area contributed by atoms with Gasteiger partial charge in [-0.25, -0.2) is 0 Å². The second-order valence-electron chi connectivity index (χ2n) is 3.80. The Morgan fingerprint density at radius 2 is 2.00 bits per heavy atom. The molecule has 17 heavy (non-hydrogen) atoms. The minimum absolute atomic E-state index is 0.0514. The molecule has 0 radical (unpaired) electrons. The van der Waals surface area contributed by atoms with Crippen molar-refractivity contribution < 1.29 is 9.53 Å². The van der Waals surface area contributed by atoms with Gasteiger partial charge in [0.15, 0.2) is 0 Å². The third-order valence-electron chi connectivity index (χ3n) is 2.50. The topological polar surface area (TPSA) is 41.6 Å². The Hall–Kier alpha value is -1.55. The number of amides is 1. The van der Waals surface area contributed by atoms with Crippen LogP contribution in [0.3, 0.4) is 0 Å². The summed E-state index contributed by atoms with van der Waals surface area (Å²) in [6.45, 7) is 6.12. The van der Waals surface area contributed by atoms with E-state index >= 15 is 0 Å². The van der Waals surface area contributed by atoms with Crippen LogP contribution in [0.4, 0.5) is 11.4 Å². The van der Waals surface area contributed by atoms with Crippen molar-refractivity contribution >= 4 is 17.3 Å². The fourth-order valence-corrected chi connectivity index (χ4v) is 1.63. The van der Waals surface area contributed by atoms with Crippen LogP contribution in [0.1, 0.15) is 13.8 Å². The van der Waals surface area contributed by atoms with Crippen molar-refractivity contribution in [3.05, 3.63) is 24.3 Å². The van der Waals surface area contributed by atoms with Crippen molar-refractivity contribution in [3.63, 3.8) is 0 Å². The van der Waals surface area contributed by atoms with E-state index in [4.69, 9.17) is 4.74 Å². The van der Waals surface area contributed by atoms with E-state index in [9.17, 15) is 4.79 Å². The third-order valence-corrected chi connectivity index (χ3v) is 2.50. The molecular formula is C13H20N2O2. The highest BCUT2D eigenvalue weighted by atomic mass is 16.5. The van der Waals surface area contributed by atoms with Gasteiger partial charge < -0.3 is 15.0 Å². The van der Waals surface area contributed by atoms with Crippen molar-refractivity contribution in [2.75, 3.05) is 37.0 Å². The van der Waals surface area contributed by atoms with E-state index in [2.05, 4.69) is 17.1 Å². The number of nitrogens with zero attached hydrogens (tertiary/aromatic N) is 1. The predicted octanol–water partition coefficient (Wildman–Crippen LogP) is 2.12. The van der Waals surface area contributed by atoms with Crippen LogP contribution in [-0.4, -0.2) is 32.7 Å². The first-order valence-corrected chi connectivity index (χ1v) is 5.79. The number of hydrogen-bond donors (Lipinski definition) is 1. The molecule has 1 aromatic rings. The number of carbonyl (C=O) groups is 1. The first-order chi connectivity index (χ1) is 8.17. The maximum atomic E-state index is 10.9. The molecule has 0 spiro atoms. The van der Waals surface area contributed by atoms with Crippen LogP contribution in [-0.2, 0) is 9.53 Å². The zero-order valence-corrected chi connectivity index (χ0v) is 10.7. The first kappa shape index (κ1) is 13.5. The molecule has 1 rings (SSSR count). The van der Waals surface area contributed by atoms with E-state index < -0.39 is 0 Å². The fourth-order valence-electron chi connectivity index (χ4n) is 1.63. The highest BCUT2D eigenvalue weighted by Crippen LogP contribution is 2.17. The molecule has 0 saturated heterocycles. The summed E-state index contributed by atoms with van der Waals surface area (Å²) >= 11 is 0. The summed E-state index contributed by atoms with van der Waals surface area (Å²) in [5, 5.41) is 2.75. The van der Waals surface area contributed by atoms with E-state index in [0.717, 1.165) is 24.5 Å². The summed E-state index contributed by atoms with van der Waals surface area (Å²) in [5.74, 6) is -0.0514. The van der Waals surface area contributed by atoms with E-state index in [-0.39, 0.29) is 5.91 Å². The number of hydrogen-bond acceptors (Lipinski definition) is 3. The maximum Gasteiger partial charge on any atom is 0.221 e. The van der Waals surface area contributed by atoms with Crippen LogP contribution in [0, 0.1) is 0 Å². The minimum Gasteiger partial charge on any atom is -0.383 e. The minimum atomic E-state index is -0.0514. The van der Waals surface area contributed by atoms with Crippen LogP contribution in [0.5, 0.6) is 0 Å². The molecule has 0 aliphatic rings. The molecule has 4 nitrogen and oxygen atoms in total. The number of benzene rings is 1. The van der Waals surface area contributed by atoms with Crippen LogP contribution in [0.2, 0.25) is 0 Å². The molecule has 4 heteroatoms. The lowest BCUT2D eigenvalue weighted by Crippen LogP contribution is -2.26. The van der Waals surface area contributed by atoms with Gasteiger partial charge in [-0.1, -0.05) is 0 Å². The first-order valence-electron chi connectivity index (χ1n) is 5.79. The number of nitrogens with one attached hydrogen (secondary N) is 1. The number of anilines is 2. The Morgan fingerprint density at radius 1 is 1.35 bits per heavy atom. The molecular weight excluding hydrogens is 216 g/mol. The smallest absolute Gasteiger partial charge is 0.221 e. The SMILES string of the molecule is CCN(CCOC)c1ccc(NC(C)=O)cc1. The predicted molar refractivity (Wildman–Crippen MR) is 70.5 cm³/mol. The maximum absolute atomic E-state index is 10.9. The summed E-state index contributed by atoms with van der Waals surface area (Å²) in [6.07, 6.45) is 0. The molecule has 0 aliphatic heterocycles. The van der Waals surface area contributed by atoms with Crippen LogP contribution in [0.25, 0.3) is 0 Å². The quantitative estimate of drug-likeness (QED) is 0.822. The van der Waals surface area contributed by atoms with Gasteiger partial charge >= 0.3 is 0 Å². The average Bonchev–Trinajstić information content (AvgIpc) is 2.31. The molecule has 0 atom stereocenters. The van der Waals surface area contributed by atoms with Crippen molar-refractivity contribution in [1.82, 2.24) is 0 Å². The van der Waals surface area contributed by atoms with Gasteiger partial charge in [0.1, 0.15) is 0 Å². The molecule has 0 aliphatic carbocycles. The van der Waals surface area contributed by atoms with E-state index in [0.29, 0.717) is 6.61 Å². The highest BCUT2D eigenvalue weighted by Gasteiger charge is 2.03. The van der Waals surface area contributed by atoms with Crippen molar-refractivity contribution in [2.45, 2.75) is 13.8 Å². The normalized spacial score (nSPS) is 10.1. The monoisotopic (exact) mass is 236 g/mol. The summed E-state index contributed by atoms with van der Waals surface area (Å²) in [5.41, 5.74) is 1.96. The third kappa shape index (κ3) is 4.44. The summed E-state index contributed by atoms with van der Waals surface area (Å²) in [4.78, 5) is 13.1. The number of likely N-dealkylation sites (N-methyl/N-ethyl adjacent to an activating group) is 1. The van der Waals surface area contributed by atoms with Crippen LogP contribution < -0.4 is 10.2 Å². The molecule has 0 aromatic heterocycles. The number of rotatable bonds is 6. The Kier molecular flexibility index (Phi) is 5.49. The van der Waals surface area contributed by atoms with E-state index in [1.54, 1.807) is 7.11 Å². The summed E-state index contributed by atoms with van der Waals surface area (Å²) < 4.78 is 5.07. The largest absolute Gasteiger partial charge is 0.383 e. The van der Waals surface area contributed by atoms with Gasteiger partial charge in [-0.2, -0.15) is 0 Å². The van der Waals surface area contributed by atoms with Gasteiger partial charge in [0, 0.05) is 38.5 Å². The molecule has 1 amide bonds. The fraction of sp³-hybridized carbons (Fsp3) is 0.462. The van der Waals surface area contributed by atoms with Crippen LogP contribution in [0.15, 0.2) is 24.3 Å². The number of methoxy groups -OCH3 is 1. The van der Waals surface area contributed by atoms with E-state index in [1.807, 2.05) is 24.3 Å². The van der Waals surface area contributed by atoms with Gasteiger partial charge in [-0.15, -0.1) is 0 Å². The van der Waals surface area contributed by atoms with Gasteiger partial charge in [-0.05, 0) is 31.2 Å².